The van der Waals surface area contributed by atoms with Crippen LogP contribution in [0.2, 0.25) is 0 Å². The summed E-state index contributed by atoms with van der Waals surface area (Å²) < 4.78 is 0. The van der Waals surface area contributed by atoms with E-state index >= 15 is 0 Å². The van der Waals surface area contributed by atoms with E-state index in [0.717, 1.165) is 5.56 Å². The molecule has 30 heavy (non-hydrogen) atoms. The summed E-state index contributed by atoms with van der Waals surface area (Å²) in [6, 6.07) is 17.9. The summed E-state index contributed by atoms with van der Waals surface area (Å²) in [6.45, 7) is 7.23. The molecule has 1 heterocycles. The number of hydrogen-bond acceptors (Lipinski definition) is 5. The first-order valence-corrected chi connectivity index (χ1v) is 9.79. The molecule has 0 unspecified atom stereocenters. The number of hydrogen-bond donors (Lipinski definition) is 3. The number of carbonyl (C=O) groups is 1. The first kappa shape index (κ1) is 21.3. The van der Waals surface area contributed by atoms with Crippen molar-refractivity contribution in [2.24, 2.45) is 0 Å². The molecule has 0 fully saturated rings. The van der Waals surface area contributed by atoms with Gasteiger partial charge in [0.1, 0.15) is 5.82 Å². The summed E-state index contributed by atoms with van der Waals surface area (Å²) in [7, 11) is 0. The van der Waals surface area contributed by atoms with Crippen LogP contribution < -0.4 is 15.5 Å². The van der Waals surface area contributed by atoms with E-state index in [1.807, 2.05) is 68.4 Å². The summed E-state index contributed by atoms with van der Waals surface area (Å²) in [4.78, 5) is 23.4. The van der Waals surface area contributed by atoms with Crippen molar-refractivity contribution in [3.05, 3.63) is 72.4 Å². The van der Waals surface area contributed by atoms with Crippen LogP contribution in [-0.4, -0.2) is 32.7 Å². The first-order valence-electron chi connectivity index (χ1n) is 9.79. The number of aryl methyl sites for hydroxylation is 1. The van der Waals surface area contributed by atoms with Gasteiger partial charge >= 0.3 is 6.03 Å². The zero-order valence-corrected chi connectivity index (χ0v) is 17.6. The molecule has 3 rings (SSSR count). The van der Waals surface area contributed by atoms with E-state index in [0.29, 0.717) is 23.1 Å². The zero-order chi connectivity index (χ0) is 21.7. The summed E-state index contributed by atoms with van der Waals surface area (Å²) in [5, 5.41) is 16.2. The lowest BCUT2D eigenvalue weighted by Crippen LogP contribution is -2.40. The molecule has 7 nitrogen and oxygen atoms in total. The van der Waals surface area contributed by atoms with Crippen LogP contribution >= 0.6 is 0 Å². The maximum atomic E-state index is 13.2. The van der Waals surface area contributed by atoms with Gasteiger partial charge in [-0.05, 0) is 57.5 Å². The van der Waals surface area contributed by atoms with E-state index in [1.54, 1.807) is 26.1 Å². The Morgan fingerprint density at radius 3 is 2.50 bits per heavy atom. The molecule has 0 saturated carbocycles. The average Bonchev–Trinajstić information content (AvgIpc) is 2.68. The fourth-order valence-corrected chi connectivity index (χ4v) is 2.75. The monoisotopic (exact) mass is 405 g/mol. The fraction of sp³-hybridized carbons (Fsp3) is 0.261. The maximum Gasteiger partial charge on any atom is 0.332 e. The molecule has 1 aromatic heterocycles. The van der Waals surface area contributed by atoms with Gasteiger partial charge in [0.05, 0.1) is 17.3 Å². The van der Waals surface area contributed by atoms with Crippen molar-refractivity contribution in [2.45, 2.75) is 39.3 Å². The number of nitrogens with zero attached hydrogens (tertiary/aromatic N) is 3. The average molecular weight is 406 g/mol. The topological polar surface area (TPSA) is 90.4 Å². The lowest BCUT2D eigenvalue weighted by atomic mass is 10.0. The molecule has 156 valence electrons. The number of urea groups is 1. The molecule has 0 radical (unpaired) electrons. The van der Waals surface area contributed by atoms with Crippen molar-refractivity contribution in [2.75, 3.05) is 15.5 Å². The number of benzene rings is 2. The van der Waals surface area contributed by atoms with E-state index in [9.17, 15) is 9.90 Å². The van der Waals surface area contributed by atoms with Gasteiger partial charge in [-0.15, -0.1) is 0 Å². The van der Waals surface area contributed by atoms with Gasteiger partial charge in [-0.1, -0.05) is 30.3 Å². The number of anilines is 4. The van der Waals surface area contributed by atoms with Gasteiger partial charge < -0.3 is 15.7 Å². The maximum absolute atomic E-state index is 13.2. The van der Waals surface area contributed by atoms with Crippen LogP contribution in [-0.2, 0) is 0 Å². The molecule has 2 amide bonds. The Morgan fingerprint density at radius 1 is 1.10 bits per heavy atom. The Balaban J connectivity index is 1.93. The van der Waals surface area contributed by atoms with Crippen LogP contribution in [0.1, 0.15) is 26.3 Å². The normalized spacial score (nSPS) is 12.2. The largest absolute Gasteiger partial charge is 0.388 e. The molecule has 0 bridgehead atoms. The SMILES string of the molecule is Cc1cccc(NC(=O)N(c2ccccc2)c2ccnc(N[C@@H](C)C(C)(C)O)n2)c1. The second-order valence-corrected chi connectivity index (χ2v) is 7.73. The number of aliphatic hydroxyl groups is 1. The zero-order valence-electron chi connectivity index (χ0n) is 17.6. The van der Waals surface area contributed by atoms with Crippen molar-refractivity contribution < 1.29 is 9.90 Å². The highest BCUT2D eigenvalue weighted by molar-refractivity contribution is 6.06. The van der Waals surface area contributed by atoms with E-state index in [4.69, 9.17) is 0 Å². The molecule has 0 aliphatic heterocycles. The third-order valence-corrected chi connectivity index (χ3v) is 4.76. The minimum absolute atomic E-state index is 0.293. The molecule has 0 aliphatic carbocycles. The van der Waals surface area contributed by atoms with Crippen LogP contribution in [0.3, 0.4) is 0 Å². The molecule has 2 aromatic carbocycles. The number of amides is 2. The molecular formula is C23H27N5O2. The number of aromatic nitrogens is 2. The van der Waals surface area contributed by atoms with Crippen LogP contribution in [0.15, 0.2) is 66.9 Å². The standard InChI is InChI=1S/C23H27N5O2/c1-16-9-8-10-18(15-16)26-22(29)28(19-11-6-5-7-12-19)20-13-14-24-21(27-20)25-17(2)23(3,4)30/h5-15,17,30H,1-4H3,(H,26,29)(H,24,25,27)/t17-/m0/s1. The van der Waals surface area contributed by atoms with Crippen LogP contribution in [0, 0.1) is 6.92 Å². The Kier molecular flexibility index (Phi) is 6.32. The molecule has 0 saturated heterocycles. The fourth-order valence-electron chi connectivity index (χ4n) is 2.75. The Hall–Kier alpha value is -3.45. The van der Waals surface area contributed by atoms with E-state index in [-0.39, 0.29) is 12.1 Å². The molecule has 0 spiro atoms. The van der Waals surface area contributed by atoms with Gasteiger partial charge in [0.25, 0.3) is 0 Å². The lowest BCUT2D eigenvalue weighted by Gasteiger charge is -2.27. The Bertz CT molecular complexity index is 1000. The predicted molar refractivity (Wildman–Crippen MR) is 120 cm³/mol. The smallest absolute Gasteiger partial charge is 0.332 e. The molecule has 3 aromatic rings. The van der Waals surface area contributed by atoms with E-state index < -0.39 is 5.60 Å². The summed E-state index contributed by atoms with van der Waals surface area (Å²) in [5.74, 6) is 0.734. The minimum Gasteiger partial charge on any atom is -0.388 e. The van der Waals surface area contributed by atoms with Crippen LogP contribution in [0.4, 0.5) is 27.9 Å². The van der Waals surface area contributed by atoms with E-state index in [2.05, 4.69) is 20.6 Å². The predicted octanol–water partition coefficient (Wildman–Crippen LogP) is 4.73. The van der Waals surface area contributed by atoms with Gasteiger partial charge in [0.15, 0.2) is 0 Å². The first-order chi connectivity index (χ1) is 14.2. The van der Waals surface area contributed by atoms with Crippen LogP contribution in [0.25, 0.3) is 0 Å². The van der Waals surface area contributed by atoms with Gasteiger partial charge in [0.2, 0.25) is 5.95 Å². The summed E-state index contributed by atoms with van der Waals surface area (Å²) in [6.07, 6.45) is 1.58. The lowest BCUT2D eigenvalue weighted by molar-refractivity contribution is 0.0646. The van der Waals surface area contributed by atoms with Crippen molar-refractivity contribution in [1.82, 2.24) is 9.97 Å². The number of carbonyl (C=O) groups excluding carboxylic acids is 1. The highest BCUT2D eigenvalue weighted by Gasteiger charge is 2.24. The van der Waals surface area contributed by atoms with Crippen molar-refractivity contribution in [3.8, 4) is 0 Å². The summed E-state index contributed by atoms with van der Waals surface area (Å²) in [5.41, 5.74) is 1.46. The van der Waals surface area contributed by atoms with Gasteiger partial charge in [-0.25, -0.2) is 14.7 Å². The second kappa shape index (κ2) is 8.92. The van der Waals surface area contributed by atoms with Crippen molar-refractivity contribution in [3.63, 3.8) is 0 Å². The Morgan fingerprint density at radius 2 is 1.83 bits per heavy atom. The van der Waals surface area contributed by atoms with Gasteiger partial charge in [-0.3, -0.25) is 0 Å². The quantitative estimate of drug-likeness (QED) is 0.552. The highest BCUT2D eigenvalue weighted by atomic mass is 16.3. The molecule has 1 atom stereocenters. The number of rotatable bonds is 6. The van der Waals surface area contributed by atoms with Crippen molar-refractivity contribution in [1.29, 1.82) is 0 Å². The van der Waals surface area contributed by atoms with Crippen LogP contribution in [0.5, 0.6) is 0 Å². The third kappa shape index (κ3) is 5.33. The van der Waals surface area contributed by atoms with Gasteiger partial charge in [0, 0.05) is 18.0 Å². The van der Waals surface area contributed by atoms with Gasteiger partial charge in [-0.2, -0.15) is 4.98 Å². The number of para-hydroxylation sites is 1. The Labute approximate surface area is 176 Å². The molecule has 3 N–H and O–H groups in total. The number of nitrogens with one attached hydrogen (secondary N) is 2. The van der Waals surface area contributed by atoms with Crippen molar-refractivity contribution >= 4 is 29.2 Å². The molecule has 7 heteroatoms. The minimum atomic E-state index is -0.957. The highest BCUT2D eigenvalue weighted by Crippen LogP contribution is 2.26. The molecule has 0 aliphatic rings. The second-order valence-electron chi connectivity index (χ2n) is 7.73. The molecular weight excluding hydrogens is 378 g/mol. The summed E-state index contributed by atoms with van der Waals surface area (Å²) >= 11 is 0. The van der Waals surface area contributed by atoms with E-state index in [1.165, 1.54) is 4.90 Å². The third-order valence-electron chi connectivity index (χ3n) is 4.76.